The van der Waals surface area contributed by atoms with Crippen LogP contribution in [0.2, 0.25) is 0 Å². The Morgan fingerprint density at radius 3 is 3.00 bits per heavy atom. The lowest BCUT2D eigenvalue weighted by Crippen LogP contribution is -2.45. The number of thioether (sulfide) groups is 1. The second-order valence-electron chi connectivity index (χ2n) is 6.80. The SMILES string of the molecule is O=C(Nc1nccs1)C1CCCN(C(=O)CC2Sc3ccccc3NC2=O)C1. The van der Waals surface area contributed by atoms with Crippen LogP contribution in [0.15, 0.2) is 40.7 Å². The van der Waals surface area contributed by atoms with Crippen LogP contribution in [-0.4, -0.2) is 45.9 Å². The van der Waals surface area contributed by atoms with Crippen molar-refractivity contribution in [1.29, 1.82) is 0 Å². The van der Waals surface area contributed by atoms with Gasteiger partial charge in [0, 0.05) is 36.0 Å². The van der Waals surface area contributed by atoms with Gasteiger partial charge in [0.1, 0.15) is 0 Å². The van der Waals surface area contributed by atoms with E-state index in [4.69, 9.17) is 0 Å². The van der Waals surface area contributed by atoms with E-state index in [1.165, 1.54) is 23.1 Å². The topological polar surface area (TPSA) is 91.4 Å². The summed E-state index contributed by atoms with van der Waals surface area (Å²) in [5.41, 5.74) is 0.790. The maximum Gasteiger partial charge on any atom is 0.238 e. The van der Waals surface area contributed by atoms with Crippen LogP contribution in [0.25, 0.3) is 0 Å². The molecule has 2 aromatic rings. The van der Waals surface area contributed by atoms with Crippen molar-refractivity contribution in [2.45, 2.75) is 29.4 Å². The number of fused-ring (bicyclic) bond motifs is 1. The minimum Gasteiger partial charge on any atom is -0.342 e. The Morgan fingerprint density at radius 1 is 1.32 bits per heavy atom. The number of aromatic nitrogens is 1. The van der Waals surface area contributed by atoms with Crippen molar-refractivity contribution in [2.75, 3.05) is 23.7 Å². The van der Waals surface area contributed by atoms with Crippen molar-refractivity contribution in [3.05, 3.63) is 35.8 Å². The van der Waals surface area contributed by atoms with E-state index in [0.717, 1.165) is 23.4 Å². The van der Waals surface area contributed by atoms with E-state index in [9.17, 15) is 14.4 Å². The highest BCUT2D eigenvalue weighted by molar-refractivity contribution is 8.01. The smallest absolute Gasteiger partial charge is 0.238 e. The number of nitrogens with one attached hydrogen (secondary N) is 2. The van der Waals surface area contributed by atoms with Gasteiger partial charge in [-0.2, -0.15) is 0 Å². The number of hydrogen-bond acceptors (Lipinski definition) is 6. The average molecular weight is 417 g/mol. The molecule has 0 bridgehead atoms. The first-order valence-electron chi connectivity index (χ1n) is 9.15. The highest BCUT2D eigenvalue weighted by Crippen LogP contribution is 2.37. The summed E-state index contributed by atoms with van der Waals surface area (Å²) in [6.07, 6.45) is 3.29. The lowest BCUT2D eigenvalue weighted by molar-refractivity contribution is -0.135. The molecule has 28 heavy (non-hydrogen) atoms. The minimum atomic E-state index is -0.452. The van der Waals surface area contributed by atoms with E-state index < -0.39 is 5.25 Å². The molecule has 2 atom stereocenters. The molecule has 4 rings (SSSR count). The number of carbonyl (C=O) groups is 3. The van der Waals surface area contributed by atoms with Crippen LogP contribution in [-0.2, 0) is 14.4 Å². The molecule has 1 aromatic carbocycles. The highest BCUT2D eigenvalue weighted by Gasteiger charge is 2.33. The number of hydrogen-bond donors (Lipinski definition) is 2. The van der Waals surface area contributed by atoms with Crippen LogP contribution in [0, 0.1) is 5.92 Å². The molecule has 2 aliphatic heterocycles. The second-order valence-corrected chi connectivity index (χ2v) is 8.94. The standard InChI is InChI=1S/C19H20N4O3S2/c24-16(10-15-18(26)21-13-5-1-2-6-14(13)28-15)23-8-3-4-12(11-23)17(25)22-19-20-7-9-27-19/h1-2,5-7,9,12,15H,3-4,8,10-11H2,(H,21,26)(H,20,22,25). The quantitative estimate of drug-likeness (QED) is 0.800. The molecule has 7 nitrogen and oxygen atoms in total. The van der Waals surface area contributed by atoms with Crippen LogP contribution in [0.4, 0.5) is 10.8 Å². The van der Waals surface area contributed by atoms with Crippen molar-refractivity contribution in [3.8, 4) is 0 Å². The molecule has 0 radical (unpaired) electrons. The van der Waals surface area contributed by atoms with Crippen molar-refractivity contribution in [3.63, 3.8) is 0 Å². The number of thiazole rings is 1. The lowest BCUT2D eigenvalue weighted by Gasteiger charge is -2.33. The Kier molecular flexibility index (Phi) is 5.63. The van der Waals surface area contributed by atoms with Crippen LogP contribution in [0.5, 0.6) is 0 Å². The highest BCUT2D eigenvalue weighted by atomic mass is 32.2. The summed E-state index contributed by atoms with van der Waals surface area (Å²) in [6.45, 7) is 1.00. The maximum atomic E-state index is 12.8. The number of amides is 3. The molecule has 2 N–H and O–H groups in total. The molecule has 9 heteroatoms. The van der Waals surface area contributed by atoms with Gasteiger partial charge < -0.3 is 15.5 Å². The Hall–Kier alpha value is -2.39. The number of rotatable bonds is 4. The van der Waals surface area contributed by atoms with Gasteiger partial charge in [-0.1, -0.05) is 12.1 Å². The number of carbonyl (C=O) groups excluding carboxylic acids is 3. The van der Waals surface area contributed by atoms with E-state index in [2.05, 4.69) is 15.6 Å². The fourth-order valence-corrected chi connectivity index (χ4v) is 5.06. The van der Waals surface area contributed by atoms with E-state index >= 15 is 0 Å². The zero-order valence-corrected chi connectivity index (χ0v) is 16.7. The third-order valence-corrected chi connectivity index (χ3v) is 6.84. The van der Waals surface area contributed by atoms with E-state index in [-0.39, 0.29) is 30.1 Å². The van der Waals surface area contributed by atoms with Crippen LogP contribution >= 0.6 is 23.1 Å². The molecule has 146 valence electrons. The third-order valence-electron chi connectivity index (χ3n) is 4.87. The summed E-state index contributed by atoms with van der Waals surface area (Å²) in [6, 6.07) is 7.58. The number of anilines is 2. The predicted molar refractivity (Wildman–Crippen MR) is 109 cm³/mol. The molecule has 1 fully saturated rings. The first-order chi connectivity index (χ1) is 13.6. The van der Waals surface area contributed by atoms with E-state index in [1.54, 1.807) is 16.5 Å². The normalized spacial score (nSPS) is 21.6. The summed E-state index contributed by atoms with van der Waals surface area (Å²) >= 11 is 2.79. The molecular formula is C19H20N4O3S2. The zero-order chi connectivity index (χ0) is 19.5. The Labute approximate surface area is 170 Å². The maximum absolute atomic E-state index is 12.8. The van der Waals surface area contributed by atoms with Gasteiger partial charge in [0.2, 0.25) is 17.7 Å². The number of piperidine rings is 1. The first-order valence-corrected chi connectivity index (χ1v) is 10.9. The lowest BCUT2D eigenvalue weighted by atomic mass is 9.97. The van der Waals surface area contributed by atoms with Crippen LogP contribution in [0.3, 0.4) is 0 Å². The van der Waals surface area contributed by atoms with Gasteiger partial charge in [-0.15, -0.1) is 23.1 Å². The molecule has 3 amide bonds. The van der Waals surface area contributed by atoms with Gasteiger partial charge in [-0.3, -0.25) is 14.4 Å². The largest absolute Gasteiger partial charge is 0.342 e. The third kappa shape index (κ3) is 4.20. The van der Waals surface area contributed by atoms with Gasteiger partial charge >= 0.3 is 0 Å². The molecule has 1 aromatic heterocycles. The Morgan fingerprint density at radius 2 is 2.18 bits per heavy atom. The summed E-state index contributed by atoms with van der Waals surface area (Å²) < 4.78 is 0. The number of nitrogens with zero attached hydrogens (tertiary/aromatic N) is 2. The summed E-state index contributed by atoms with van der Waals surface area (Å²) in [5, 5.41) is 7.61. The fourth-order valence-electron chi connectivity index (χ4n) is 3.43. The molecule has 3 heterocycles. The van der Waals surface area contributed by atoms with Gasteiger partial charge in [0.25, 0.3) is 0 Å². The fraction of sp³-hybridized carbons (Fsp3) is 0.368. The zero-order valence-electron chi connectivity index (χ0n) is 15.1. The summed E-state index contributed by atoms with van der Waals surface area (Å²) in [5.74, 6) is -0.591. The minimum absolute atomic E-state index is 0.0845. The molecule has 2 unspecified atom stereocenters. The molecule has 0 spiro atoms. The van der Waals surface area contributed by atoms with Crippen molar-refractivity contribution in [1.82, 2.24) is 9.88 Å². The molecule has 0 saturated carbocycles. The molecule has 1 saturated heterocycles. The molecule has 2 aliphatic rings. The Balaban J connectivity index is 1.35. The number of likely N-dealkylation sites (tertiary alicyclic amines) is 1. The molecular weight excluding hydrogens is 396 g/mol. The number of benzene rings is 1. The van der Waals surface area contributed by atoms with Gasteiger partial charge in [0.05, 0.1) is 16.9 Å². The van der Waals surface area contributed by atoms with Gasteiger partial charge in [-0.25, -0.2) is 4.98 Å². The van der Waals surface area contributed by atoms with Crippen molar-refractivity contribution < 1.29 is 14.4 Å². The summed E-state index contributed by atoms with van der Waals surface area (Å²) in [4.78, 5) is 44.4. The van der Waals surface area contributed by atoms with Crippen molar-refractivity contribution >= 4 is 51.6 Å². The summed E-state index contributed by atoms with van der Waals surface area (Å²) in [7, 11) is 0. The van der Waals surface area contributed by atoms with Crippen LogP contribution < -0.4 is 10.6 Å². The Bertz CT molecular complexity index is 887. The van der Waals surface area contributed by atoms with Crippen LogP contribution in [0.1, 0.15) is 19.3 Å². The monoisotopic (exact) mass is 416 g/mol. The number of para-hydroxylation sites is 1. The molecule has 0 aliphatic carbocycles. The van der Waals surface area contributed by atoms with Gasteiger partial charge in [0.15, 0.2) is 5.13 Å². The van der Waals surface area contributed by atoms with E-state index in [0.29, 0.717) is 18.2 Å². The van der Waals surface area contributed by atoms with E-state index in [1.807, 2.05) is 24.3 Å². The van der Waals surface area contributed by atoms with Gasteiger partial charge in [-0.05, 0) is 25.0 Å². The first kappa shape index (κ1) is 18.9. The predicted octanol–water partition coefficient (Wildman–Crippen LogP) is 2.82. The van der Waals surface area contributed by atoms with Crippen molar-refractivity contribution in [2.24, 2.45) is 5.92 Å². The second kappa shape index (κ2) is 8.32. The average Bonchev–Trinajstić information content (AvgIpc) is 3.21.